The summed E-state index contributed by atoms with van der Waals surface area (Å²) in [5.74, 6) is 0.537. The van der Waals surface area contributed by atoms with E-state index in [0.717, 1.165) is 17.5 Å². The van der Waals surface area contributed by atoms with Crippen LogP contribution in [-0.4, -0.2) is 28.0 Å². The van der Waals surface area contributed by atoms with Crippen LogP contribution in [0.25, 0.3) is 0 Å². The van der Waals surface area contributed by atoms with E-state index in [4.69, 9.17) is 0 Å². The minimum Gasteiger partial charge on any atom is -0.347 e. The molecule has 2 amide bonds. The number of benzene rings is 3. The van der Waals surface area contributed by atoms with E-state index >= 15 is 0 Å². The van der Waals surface area contributed by atoms with E-state index in [1.54, 1.807) is 11.8 Å². The van der Waals surface area contributed by atoms with Crippen LogP contribution in [0.1, 0.15) is 46.3 Å². The lowest BCUT2D eigenvalue weighted by atomic mass is 9.94. The Balaban J connectivity index is 1.43. The largest absolute Gasteiger partial charge is 0.347 e. The van der Waals surface area contributed by atoms with Crippen molar-refractivity contribution in [1.82, 2.24) is 10.2 Å². The van der Waals surface area contributed by atoms with Crippen LogP contribution in [0, 0.1) is 0 Å². The van der Waals surface area contributed by atoms with Gasteiger partial charge in [0.05, 0.1) is 5.75 Å². The van der Waals surface area contributed by atoms with Crippen LogP contribution in [0.15, 0.2) is 84.9 Å². The molecule has 0 aromatic heterocycles. The monoisotopic (exact) mass is 444 g/mol. The molecule has 1 fully saturated rings. The zero-order chi connectivity index (χ0) is 22.6. The summed E-state index contributed by atoms with van der Waals surface area (Å²) < 4.78 is 0. The van der Waals surface area contributed by atoms with E-state index in [-0.39, 0.29) is 22.7 Å². The first-order valence-corrected chi connectivity index (χ1v) is 11.9. The summed E-state index contributed by atoms with van der Waals surface area (Å²) in [6.45, 7) is 4.66. The van der Waals surface area contributed by atoms with Crippen LogP contribution in [0.3, 0.4) is 0 Å². The summed E-state index contributed by atoms with van der Waals surface area (Å²) in [6.07, 6.45) is 0.757. The van der Waals surface area contributed by atoms with E-state index < -0.39 is 0 Å². The van der Waals surface area contributed by atoms with Gasteiger partial charge in [-0.15, -0.1) is 11.8 Å². The normalized spacial score (nSPS) is 16.2. The molecule has 4 nitrogen and oxygen atoms in total. The molecule has 0 aliphatic carbocycles. The molecule has 3 aromatic rings. The van der Waals surface area contributed by atoms with Crippen molar-refractivity contribution in [3.8, 4) is 0 Å². The average Bonchev–Trinajstić information content (AvgIpc) is 3.14. The molecule has 0 bridgehead atoms. The van der Waals surface area contributed by atoms with Crippen LogP contribution >= 0.6 is 11.8 Å². The van der Waals surface area contributed by atoms with E-state index in [9.17, 15) is 9.59 Å². The van der Waals surface area contributed by atoms with Crippen molar-refractivity contribution < 1.29 is 9.59 Å². The van der Waals surface area contributed by atoms with Gasteiger partial charge in [0.1, 0.15) is 5.37 Å². The van der Waals surface area contributed by atoms with Gasteiger partial charge in [-0.3, -0.25) is 9.59 Å². The third-order valence-electron chi connectivity index (χ3n) is 5.56. The van der Waals surface area contributed by atoms with Crippen molar-refractivity contribution in [3.05, 3.63) is 107 Å². The minimum absolute atomic E-state index is 0.0330. The van der Waals surface area contributed by atoms with Crippen molar-refractivity contribution in [1.29, 1.82) is 0 Å². The molecule has 0 saturated carbocycles. The van der Waals surface area contributed by atoms with Crippen LogP contribution in [0.4, 0.5) is 0 Å². The highest BCUT2D eigenvalue weighted by Gasteiger charge is 2.33. The quantitative estimate of drug-likeness (QED) is 0.544. The molecule has 0 unspecified atom stereocenters. The average molecular weight is 445 g/mol. The van der Waals surface area contributed by atoms with Crippen LogP contribution in [0.5, 0.6) is 0 Å². The second-order valence-electron chi connectivity index (χ2n) is 8.79. The van der Waals surface area contributed by atoms with Gasteiger partial charge in [-0.25, -0.2) is 0 Å². The van der Waals surface area contributed by atoms with Crippen molar-refractivity contribution in [2.24, 2.45) is 0 Å². The Morgan fingerprint density at radius 3 is 2.16 bits per heavy atom. The van der Waals surface area contributed by atoms with Crippen molar-refractivity contribution in [2.75, 3.05) is 5.75 Å². The smallest absolute Gasteiger partial charge is 0.251 e. The van der Waals surface area contributed by atoms with Gasteiger partial charge in [0.2, 0.25) is 5.91 Å². The van der Waals surface area contributed by atoms with E-state index in [2.05, 4.69) is 17.4 Å². The Labute approximate surface area is 194 Å². The number of nitrogens with one attached hydrogen (secondary N) is 1. The molecule has 1 N–H and O–H groups in total. The molecule has 32 heavy (non-hydrogen) atoms. The SMILES string of the molecule is CC(C)(Cc1ccccc1)NC(=O)c1ccc([C@@H]2SCC(=O)N2Cc2ccccc2)cc1. The lowest BCUT2D eigenvalue weighted by Crippen LogP contribution is -2.45. The Morgan fingerprint density at radius 2 is 1.53 bits per heavy atom. The Hall–Kier alpha value is -3.05. The predicted octanol–water partition coefficient (Wildman–Crippen LogP) is 5.21. The van der Waals surface area contributed by atoms with Crippen LogP contribution in [-0.2, 0) is 17.8 Å². The van der Waals surface area contributed by atoms with Crippen molar-refractivity contribution >= 4 is 23.6 Å². The van der Waals surface area contributed by atoms with E-state index in [1.807, 2.05) is 91.5 Å². The number of thioether (sulfide) groups is 1. The molecule has 164 valence electrons. The number of carbonyl (C=O) groups excluding carboxylic acids is 2. The molecule has 1 atom stereocenters. The minimum atomic E-state index is -0.364. The second kappa shape index (κ2) is 9.61. The summed E-state index contributed by atoms with van der Waals surface area (Å²) in [7, 11) is 0. The maximum Gasteiger partial charge on any atom is 0.251 e. The summed E-state index contributed by atoms with van der Waals surface area (Å²) >= 11 is 1.63. The topological polar surface area (TPSA) is 49.4 Å². The fraction of sp³-hybridized carbons (Fsp3) is 0.259. The Bertz CT molecular complexity index is 1070. The Morgan fingerprint density at radius 1 is 0.938 bits per heavy atom. The first-order chi connectivity index (χ1) is 15.4. The van der Waals surface area contributed by atoms with Crippen molar-refractivity contribution in [3.63, 3.8) is 0 Å². The van der Waals surface area contributed by atoms with Crippen LogP contribution < -0.4 is 5.32 Å². The maximum absolute atomic E-state index is 12.9. The number of rotatable bonds is 7. The number of hydrogen-bond acceptors (Lipinski definition) is 3. The molecule has 1 heterocycles. The fourth-order valence-corrected chi connectivity index (χ4v) is 5.20. The molecular formula is C27H28N2O2S. The molecule has 3 aromatic carbocycles. The highest BCUT2D eigenvalue weighted by molar-refractivity contribution is 8.00. The van der Waals surface area contributed by atoms with Gasteiger partial charge in [0.25, 0.3) is 5.91 Å². The molecule has 0 spiro atoms. The van der Waals surface area contributed by atoms with E-state index in [0.29, 0.717) is 17.9 Å². The van der Waals surface area contributed by atoms with Gasteiger partial charge >= 0.3 is 0 Å². The molecule has 0 radical (unpaired) electrons. The molecule has 1 aliphatic heterocycles. The zero-order valence-corrected chi connectivity index (χ0v) is 19.3. The number of carbonyl (C=O) groups is 2. The van der Waals surface area contributed by atoms with Gasteiger partial charge in [0.15, 0.2) is 0 Å². The van der Waals surface area contributed by atoms with Gasteiger partial charge in [0, 0.05) is 17.6 Å². The summed E-state index contributed by atoms with van der Waals surface area (Å²) in [5.41, 5.74) is 3.60. The summed E-state index contributed by atoms with van der Waals surface area (Å²) in [5, 5.41) is 3.12. The highest BCUT2D eigenvalue weighted by atomic mass is 32.2. The predicted molar refractivity (Wildman–Crippen MR) is 130 cm³/mol. The number of amides is 2. The maximum atomic E-state index is 12.9. The number of hydrogen-bond donors (Lipinski definition) is 1. The number of nitrogens with zero attached hydrogens (tertiary/aromatic N) is 1. The van der Waals surface area contributed by atoms with Gasteiger partial charge < -0.3 is 10.2 Å². The van der Waals surface area contributed by atoms with Gasteiger partial charge in [-0.05, 0) is 49.1 Å². The molecule has 1 saturated heterocycles. The Kier molecular flexibility index (Phi) is 6.66. The molecule has 4 rings (SSSR count). The molecule has 5 heteroatoms. The molecular weight excluding hydrogens is 416 g/mol. The van der Waals surface area contributed by atoms with Gasteiger partial charge in [-0.2, -0.15) is 0 Å². The molecule has 1 aliphatic rings. The van der Waals surface area contributed by atoms with Gasteiger partial charge in [-0.1, -0.05) is 72.8 Å². The standard InChI is InChI=1S/C27H28N2O2S/c1-27(2,17-20-9-5-3-6-10-20)28-25(31)22-13-15-23(16-14-22)26-29(24(30)19-32-26)18-21-11-7-4-8-12-21/h3-16,26H,17-19H2,1-2H3,(H,28,31)/t26-/m0/s1. The first kappa shape index (κ1) is 22.2. The lowest BCUT2D eigenvalue weighted by molar-refractivity contribution is -0.128. The summed E-state index contributed by atoms with van der Waals surface area (Å²) in [4.78, 5) is 27.3. The summed E-state index contributed by atoms with van der Waals surface area (Å²) in [6, 6.07) is 27.8. The van der Waals surface area contributed by atoms with Crippen LogP contribution in [0.2, 0.25) is 0 Å². The highest BCUT2D eigenvalue weighted by Crippen LogP contribution is 2.39. The van der Waals surface area contributed by atoms with E-state index in [1.165, 1.54) is 5.56 Å². The lowest BCUT2D eigenvalue weighted by Gasteiger charge is -2.27. The zero-order valence-electron chi connectivity index (χ0n) is 18.5. The third kappa shape index (κ3) is 5.40. The first-order valence-electron chi connectivity index (χ1n) is 10.8. The van der Waals surface area contributed by atoms with Crippen molar-refractivity contribution in [2.45, 2.75) is 37.7 Å². The fourth-order valence-electron chi connectivity index (χ4n) is 4.01. The third-order valence-corrected chi connectivity index (χ3v) is 6.82. The second-order valence-corrected chi connectivity index (χ2v) is 9.86.